The van der Waals surface area contributed by atoms with Crippen molar-refractivity contribution >= 4 is 29.4 Å². The van der Waals surface area contributed by atoms with E-state index in [-0.39, 0.29) is 11.9 Å². The molecular weight excluding hydrogens is 375 g/mol. The first-order valence-electron chi connectivity index (χ1n) is 8.16. The number of amidine groups is 1. The Kier molecular flexibility index (Phi) is 5.18. The molecule has 9 heteroatoms. The van der Waals surface area contributed by atoms with Crippen molar-refractivity contribution < 1.29 is 18.7 Å². The smallest absolute Gasteiger partial charge is 0.418 e. The summed E-state index contributed by atoms with van der Waals surface area (Å²) in [5.41, 5.74) is 6.00. The summed E-state index contributed by atoms with van der Waals surface area (Å²) in [4.78, 5) is 20.3. The van der Waals surface area contributed by atoms with Crippen molar-refractivity contribution in [2.45, 2.75) is 25.8 Å². The largest absolute Gasteiger partial charge is 0.465 e. The number of nitrogens with two attached hydrogens (primary N) is 1. The van der Waals surface area contributed by atoms with Crippen molar-refractivity contribution in [2.24, 2.45) is 10.7 Å². The van der Waals surface area contributed by atoms with E-state index in [1.54, 1.807) is 19.9 Å². The third kappa shape index (κ3) is 4.28. The van der Waals surface area contributed by atoms with E-state index < -0.39 is 17.4 Å². The van der Waals surface area contributed by atoms with Crippen molar-refractivity contribution in [2.75, 3.05) is 11.9 Å². The molecule has 27 heavy (non-hydrogen) atoms. The second-order valence-electron chi connectivity index (χ2n) is 6.31. The molecule has 3 N–H and O–H groups in total. The number of rotatable bonds is 3. The van der Waals surface area contributed by atoms with Crippen molar-refractivity contribution in [3.05, 3.63) is 52.4 Å². The number of hydrogen-bond donors (Lipinski definition) is 2. The van der Waals surface area contributed by atoms with Gasteiger partial charge in [0.15, 0.2) is 0 Å². The van der Waals surface area contributed by atoms with Crippen LogP contribution in [0.3, 0.4) is 0 Å². The molecule has 0 radical (unpaired) electrons. The molecule has 3 rings (SSSR count). The van der Waals surface area contributed by atoms with E-state index in [0.717, 1.165) is 0 Å². The van der Waals surface area contributed by atoms with Crippen LogP contribution in [0, 0.1) is 12.7 Å². The fraction of sp³-hybridized carbons (Fsp3) is 0.278. The molecule has 1 aliphatic heterocycles. The van der Waals surface area contributed by atoms with Crippen molar-refractivity contribution in [1.29, 1.82) is 0 Å². The van der Waals surface area contributed by atoms with Crippen LogP contribution >= 0.6 is 11.6 Å². The third-order valence-corrected chi connectivity index (χ3v) is 4.38. The molecule has 0 bridgehead atoms. The lowest BCUT2D eigenvalue weighted by Crippen LogP contribution is -2.34. The number of aryl methyl sites for hydroxylation is 1. The number of nitrogens with zero attached hydrogens (tertiary/aromatic N) is 2. The van der Waals surface area contributed by atoms with E-state index in [2.05, 4.69) is 15.3 Å². The molecule has 0 unspecified atom stereocenters. The number of ether oxygens (including phenoxy) is 2. The standard InChI is InChI=1S/C18H18ClFN4O3/c1-10-7-11(19)9-22-15(10)27-17(25)23-12-3-4-14(20)13(8-12)18(2)5-6-26-16(21)24-18/h3-4,7-9H,5-6H2,1-2H3,(H2,21,24)(H,23,25)/t18-/m0/s1. The average molecular weight is 393 g/mol. The summed E-state index contributed by atoms with van der Waals surface area (Å²) in [6, 6.07) is 5.81. The number of pyridine rings is 1. The maximum absolute atomic E-state index is 14.4. The highest BCUT2D eigenvalue weighted by Crippen LogP contribution is 2.35. The lowest BCUT2D eigenvalue weighted by molar-refractivity contribution is 0.212. The summed E-state index contributed by atoms with van der Waals surface area (Å²) >= 11 is 5.83. The molecule has 2 aromatic rings. The quantitative estimate of drug-likeness (QED) is 0.828. The Morgan fingerprint density at radius 1 is 1.44 bits per heavy atom. The molecule has 0 saturated heterocycles. The number of carbonyl (C=O) groups is 1. The van der Waals surface area contributed by atoms with Crippen molar-refractivity contribution in [3.8, 4) is 5.88 Å². The Labute approximate surface area is 160 Å². The molecule has 1 aliphatic rings. The van der Waals surface area contributed by atoms with Gasteiger partial charge < -0.3 is 15.2 Å². The monoisotopic (exact) mass is 392 g/mol. The first kappa shape index (κ1) is 18.9. The van der Waals surface area contributed by atoms with E-state index in [1.807, 2.05) is 0 Å². The molecule has 7 nitrogen and oxygen atoms in total. The molecular formula is C18H18ClFN4O3. The van der Waals surface area contributed by atoms with Crippen LogP contribution < -0.4 is 15.8 Å². The van der Waals surface area contributed by atoms with Crippen LogP contribution in [-0.2, 0) is 10.3 Å². The SMILES string of the molecule is Cc1cc(Cl)cnc1OC(=O)Nc1ccc(F)c([C@]2(C)CCOC(N)=N2)c1. The maximum atomic E-state index is 14.4. The van der Waals surface area contributed by atoms with Crippen LogP contribution in [0.25, 0.3) is 0 Å². The number of aliphatic imine (C=N–C) groups is 1. The molecule has 1 aromatic heterocycles. The highest BCUT2D eigenvalue weighted by atomic mass is 35.5. The highest BCUT2D eigenvalue weighted by Gasteiger charge is 2.33. The first-order chi connectivity index (χ1) is 12.8. The Bertz CT molecular complexity index is 921. The van der Waals surface area contributed by atoms with Crippen LogP contribution in [-0.4, -0.2) is 23.7 Å². The lowest BCUT2D eigenvalue weighted by Gasteiger charge is -2.30. The molecule has 0 spiro atoms. The van der Waals surface area contributed by atoms with E-state index in [4.69, 9.17) is 26.8 Å². The fourth-order valence-electron chi connectivity index (χ4n) is 2.76. The summed E-state index contributed by atoms with van der Waals surface area (Å²) < 4.78 is 24.7. The maximum Gasteiger partial charge on any atom is 0.418 e. The Morgan fingerprint density at radius 3 is 2.93 bits per heavy atom. The van der Waals surface area contributed by atoms with Crippen LogP contribution in [0.5, 0.6) is 5.88 Å². The Morgan fingerprint density at radius 2 is 2.22 bits per heavy atom. The summed E-state index contributed by atoms with van der Waals surface area (Å²) in [5, 5.41) is 2.99. The average Bonchev–Trinajstić information content (AvgIpc) is 2.59. The van der Waals surface area contributed by atoms with Crippen LogP contribution in [0.4, 0.5) is 14.9 Å². The van der Waals surface area contributed by atoms with Gasteiger partial charge >= 0.3 is 6.09 Å². The highest BCUT2D eigenvalue weighted by molar-refractivity contribution is 6.30. The molecule has 1 atom stereocenters. The second-order valence-corrected chi connectivity index (χ2v) is 6.74. The van der Waals surface area contributed by atoms with Gasteiger partial charge in [-0.25, -0.2) is 19.2 Å². The normalized spacial score (nSPS) is 19.0. The summed E-state index contributed by atoms with van der Waals surface area (Å²) in [6.07, 6.45) is 1.07. The summed E-state index contributed by atoms with van der Waals surface area (Å²) in [5.74, 6) is -0.321. The zero-order chi connectivity index (χ0) is 19.6. The van der Waals surface area contributed by atoms with Gasteiger partial charge in [0, 0.05) is 29.4 Å². The van der Waals surface area contributed by atoms with Crippen molar-refractivity contribution in [1.82, 2.24) is 4.98 Å². The zero-order valence-electron chi connectivity index (χ0n) is 14.8. The van der Waals surface area contributed by atoms with Gasteiger partial charge in [-0.15, -0.1) is 0 Å². The molecule has 0 aliphatic carbocycles. The molecule has 0 fully saturated rings. The van der Waals surface area contributed by atoms with Crippen LogP contribution in [0.15, 0.2) is 35.5 Å². The van der Waals surface area contributed by atoms with Crippen LogP contribution in [0.1, 0.15) is 24.5 Å². The number of carbonyl (C=O) groups excluding carboxylic acids is 1. The summed E-state index contributed by atoms with van der Waals surface area (Å²) in [6.45, 7) is 3.79. The molecule has 142 valence electrons. The number of benzene rings is 1. The summed E-state index contributed by atoms with van der Waals surface area (Å²) in [7, 11) is 0. The van der Waals surface area contributed by atoms with E-state index >= 15 is 0 Å². The number of anilines is 1. The van der Waals surface area contributed by atoms with Gasteiger partial charge in [-0.2, -0.15) is 0 Å². The number of amides is 1. The van der Waals surface area contributed by atoms with Gasteiger partial charge in [-0.05, 0) is 38.1 Å². The number of hydrogen-bond acceptors (Lipinski definition) is 6. The fourth-order valence-corrected chi connectivity index (χ4v) is 2.97. The van der Waals surface area contributed by atoms with Gasteiger partial charge in [0.25, 0.3) is 6.02 Å². The number of aromatic nitrogens is 1. The topological polar surface area (TPSA) is 98.8 Å². The third-order valence-electron chi connectivity index (χ3n) is 4.18. The minimum absolute atomic E-state index is 0.00482. The van der Waals surface area contributed by atoms with Gasteiger partial charge in [0.2, 0.25) is 5.88 Å². The molecule has 2 heterocycles. The predicted molar refractivity (Wildman–Crippen MR) is 99.6 cm³/mol. The lowest BCUT2D eigenvalue weighted by atomic mass is 9.88. The van der Waals surface area contributed by atoms with Gasteiger partial charge in [-0.1, -0.05) is 11.6 Å². The second kappa shape index (κ2) is 7.40. The minimum atomic E-state index is -0.887. The minimum Gasteiger partial charge on any atom is -0.465 e. The van der Waals surface area contributed by atoms with E-state index in [9.17, 15) is 9.18 Å². The number of halogens is 2. The Hall–Kier alpha value is -2.87. The Balaban J connectivity index is 1.80. The molecule has 1 aromatic carbocycles. The molecule has 1 amide bonds. The van der Waals surface area contributed by atoms with E-state index in [1.165, 1.54) is 24.4 Å². The zero-order valence-corrected chi connectivity index (χ0v) is 15.5. The molecule has 0 saturated carbocycles. The number of nitrogens with one attached hydrogen (secondary N) is 1. The van der Waals surface area contributed by atoms with Crippen LogP contribution in [0.2, 0.25) is 5.02 Å². The first-order valence-corrected chi connectivity index (χ1v) is 8.54. The van der Waals surface area contributed by atoms with E-state index in [0.29, 0.717) is 34.9 Å². The predicted octanol–water partition coefficient (Wildman–Crippen LogP) is 3.74. The van der Waals surface area contributed by atoms with Gasteiger partial charge in [0.1, 0.15) is 5.82 Å². The van der Waals surface area contributed by atoms with Crippen molar-refractivity contribution in [3.63, 3.8) is 0 Å². The van der Waals surface area contributed by atoms with Gasteiger partial charge in [0.05, 0.1) is 17.2 Å². The van der Waals surface area contributed by atoms with Gasteiger partial charge in [-0.3, -0.25) is 5.32 Å².